The van der Waals surface area contributed by atoms with Crippen LogP contribution in [0, 0.1) is 5.92 Å². The van der Waals surface area contributed by atoms with Gasteiger partial charge in [-0.1, -0.05) is 86.8 Å². The molecule has 3 nitrogen and oxygen atoms in total. The first-order valence-electron chi connectivity index (χ1n) is 12.9. The van der Waals surface area contributed by atoms with E-state index in [1.807, 2.05) is 18.7 Å². The zero-order chi connectivity index (χ0) is 26.1. The number of fused-ring (bicyclic) bond motifs is 1. The highest BCUT2D eigenvalue weighted by atomic mass is 32.2. The lowest BCUT2D eigenvalue weighted by Crippen LogP contribution is -1.99. The lowest BCUT2D eigenvalue weighted by Gasteiger charge is -2.11. The maximum Gasteiger partial charge on any atom is 0.114 e. The Bertz CT molecular complexity index is 1220. The molecule has 4 rings (SSSR count). The molecule has 0 saturated heterocycles. The second kappa shape index (κ2) is 13.4. The lowest BCUT2D eigenvalue weighted by molar-refractivity contribution is 0.788. The van der Waals surface area contributed by atoms with Gasteiger partial charge in [-0.25, -0.2) is 4.98 Å². The molecule has 2 aliphatic rings. The van der Waals surface area contributed by atoms with E-state index in [1.165, 1.54) is 16.1 Å². The van der Waals surface area contributed by atoms with Gasteiger partial charge >= 0.3 is 0 Å². The number of imidazole rings is 1. The van der Waals surface area contributed by atoms with Gasteiger partial charge < -0.3 is 10.3 Å². The predicted octanol–water partition coefficient (Wildman–Crippen LogP) is 9.61. The summed E-state index contributed by atoms with van der Waals surface area (Å²) in [5, 5.41) is 3.42. The first-order valence-corrected chi connectivity index (χ1v) is 13.9. The molecule has 1 aliphatic carbocycles. The van der Waals surface area contributed by atoms with Gasteiger partial charge in [0.05, 0.1) is 11.0 Å². The maximum atomic E-state index is 4.76. The Labute approximate surface area is 222 Å². The quantitative estimate of drug-likeness (QED) is 0.266. The summed E-state index contributed by atoms with van der Waals surface area (Å²) >= 11 is 1.86. The van der Waals surface area contributed by atoms with Crippen molar-refractivity contribution in [3.63, 3.8) is 0 Å². The van der Waals surface area contributed by atoms with E-state index in [4.69, 9.17) is 4.98 Å². The zero-order valence-corrected chi connectivity index (χ0v) is 23.2. The van der Waals surface area contributed by atoms with Gasteiger partial charge in [-0.05, 0) is 63.6 Å². The van der Waals surface area contributed by atoms with Crippen molar-refractivity contribution < 1.29 is 0 Å². The molecule has 0 fully saturated rings. The van der Waals surface area contributed by atoms with Crippen LogP contribution in [-0.4, -0.2) is 15.7 Å². The molecule has 2 aromatic rings. The summed E-state index contributed by atoms with van der Waals surface area (Å²) in [5.74, 6) is 3.19. The number of nitrogens with zero attached hydrogens (tertiary/aromatic N) is 1. The number of rotatable bonds is 9. The van der Waals surface area contributed by atoms with Crippen LogP contribution in [0.5, 0.6) is 0 Å². The van der Waals surface area contributed by atoms with Crippen LogP contribution in [-0.2, 0) is 0 Å². The number of anilines is 1. The number of aromatic nitrogens is 2. The molecular weight excluding hydrogens is 458 g/mol. The van der Waals surface area contributed by atoms with E-state index < -0.39 is 0 Å². The molecule has 190 valence electrons. The number of H-pyrrole nitrogens is 1. The Balaban J connectivity index is 0.000000257. The first-order chi connectivity index (χ1) is 17.2. The highest BCUT2D eigenvalue weighted by molar-refractivity contribution is 8.03. The van der Waals surface area contributed by atoms with Crippen molar-refractivity contribution in [3.05, 3.63) is 108 Å². The Morgan fingerprint density at radius 2 is 2.06 bits per heavy atom. The summed E-state index contributed by atoms with van der Waals surface area (Å²) in [5.41, 5.74) is 7.70. The standard InChI is InChI=1S/C20H21N3S.C12H20/c1-13-5-7-15(8-6-13)20-22-17-10-9-16(12-18(17)23-20)21-14(2)19-4-3-11-24-19;1-10(2)8-6-7-9-12(5)11(3)4/h4-7,9-10,12,15,21H,2-3,8,11H2,1H3,(H,22,23);6,8,10H,3,5,7,9H2,1-2,4H3/b;8-6+. The van der Waals surface area contributed by atoms with E-state index in [-0.39, 0.29) is 0 Å². The van der Waals surface area contributed by atoms with Gasteiger partial charge in [0.2, 0.25) is 0 Å². The number of aromatic amines is 1. The van der Waals surface area contributed by atoms with Gasteiger partial charge in [0.25, 0.3) is 0 Å². The molecule has 0 saturated carbocycles. The Morgan fingerprint density at radius 3 is 2.69 bits per heavy atom. The third kappa shape index (κ3) is 8.30. The highest BCUT2D eigenvalue weighted by Gasteiger charge is 2.15. The predicted molar refractivity (Wildman–Crippen MR) is 161 cm³/mol. The van der Waals surface area contributed by atoms with Crippen LogP contribution in [0.2, 0.25) is 0 Å². The Morgan fingerprint density at radius 1 is 1.25 bits per heavy atom. The highest BCUT2D eigenvalue weighted by Crippen LogP contribution is 2.32. The third-order valence-electron chi connectivity index (χ3n) is 6.17. The summed E-state index contributed by atoms with van der Waals surface area (Å²) in [6.45, 7) is 20.4. The number of hydrogen-bond donors (Lipinski definition) is 2. The molecule has 1 aromatic carbocycles. The van der Waals surface area contributed by atoms with Crippen LogP contribution < -0.4 is 5.32 Å². The molecule has 0 bridgehead atoms. The van der Waals surface area contributed by atoms with Gasteiger partial charge in [-0.3, -0.25) is 0 Å². The van der Waals surface area contributed by atoms with E-state index in [9.17, 15) is 0 Å². The molecular formula is C32H41N3S. The maximum absolute atomic E-state index is 4.76. The van der Waals surface area contributed by atoms with Crippen LogP contribution in [0.1, 0.15) is 65.1 Å². The fourth-order valence-corrected chi connectivity index (χ4v) is 4.83. The largest absolute Gasteiger partial charge is 0.355 e. The van der Waals surface area contributed by atoms with E-state index in [2.05, 4.69) is 105 Å². The normalized spacial score (nSPS) is 17.1. The Hall–Kier alpha value is -2.98. The molecule has 1 aliphatic heterocycles. The van der Waals surface area contributed by atoms with Gasteiger partial charge in [-0.2, -0.15) is 0 Å². The van der Waals surface area contributed by atoms with Crippen LogP contribution in [0.3, 0.4) is 0 Å². The number of allylic oxidation sites excluding steroid dienone is 9. The van der Waals surface area contributed by atoms with Gasteiger partial charge in [0.15, 0.2) is 0 Å². The third-order valence-corrected chi connectivity index (χ3v) is 7.34. The first kappa shape index (κ1) is 27.6. The second-order valence-corrected chi connectivity index (χ2v) is 11.0. The van der Waals surface area contributed by atoms with E-state index >= 15 is 0 Å². The van der Waals surface area contributed by atoms with Crippen LogP contribution in [0.4, 0.5) is 5.69 Å². The number of benzene rings is 1. The molecule has 1 atom stereocenters. The summed E-state index contributed by atoms with van der Waals surface area (Å²) in [7, 11) is 0. The van der Waals surface area contributed by atoms with Gasteiger partial charge in [0, 0.05) is 28.0 Å². The molecule has 4 heteroatoms. The van der Waals surface area contributed by atoms with Crippen LogP contribution in [0.15, 0.2) is 102 Å². The number of nitrogens with one attached hydrogen (secondary N) is 2. The summed E-state index contributed by atoms with van der Waals surface area (Å²) in [6, 6.07) is 6.25. The topological polar surface area (TPSA) is 40.7 Å². The molecule has 1 unspecified atom stereocenters. The minimum absolute atomic E-state index is 0.340. The smallest absolute Gasteiger partial charge is 0.114 e. The second-order valence-electron chi connectivity index (χ2n) is 9.91. The van der Waals surface area contributed by atoms with E-state index in [1.54, 1.807) is 0 Å². The molecule has 1 aromatic heterocycles. The van der Waals surface area contributed by atoms with Gasteiger partial charge in [-0.15, -0.1) is 11.8 Å². The lowest BCUT2D eigenvalue weighted by atomic mass is 9.97. The fraction of sp³-hybridized carbons (Fsp3) is 0.344. The molecule has 0 radical (unpaired) electrons. The summed E-state index contributed by atoms with van der Waals surface area (Å²) in [6.07, 6.45) is 17.6. The van der Waals surface area contributed by atoms with E-state index in [0.29, 0.717) is 11.8 Å². The molecule has 36 heavy (non-hydrogen) atoms. The number of thioether (sulfide) groups is 1. The molecule has 2 N–H and O–H groups in total. The van der Waals surface area contributed by atoms with Crippen molar-refractivity contribution in [1.29, 1.82) is 0 Å². The minimum Gasteiger partial charge on any atom is -0.355 e. The number of hydrogen-bond acceptors (Lipinski definition) is 3. The fourth-order valence-electron chi connectivity index (χ4n) is 3.92. The molecule has 0 spiro atoms. The zero-order valence-electron chi connectivity index (χ0n) is 22.4. The molecule has 0 amide bonds. The SMILES string of the molecule is C=C(C)C(=C)CC/C=C/C(C)C.C=C(Nc1ccc2nc(C3C=CC(C)=CC3)[nH]c2c1)C1=CCCS1. The van der Waals surface area contributed by atoms with Gasteiger partial charge in [0.1, 0.15) is 5.82 Å². The minimum atomic E-state index is 0.340. The molecule has 2 heterocycles. The average molecular weight is 500 g/mol. The summed E-state index contributed by atoms with van der Waals surface area (Å²) < 4.78 is 0. The van der Waals surface area contributed by atoms with Crippen molar-refractivity contribution in [1.82, 2.24) is 9.97 Å². The monoisotopic (exact) mass is 499 g/mol. The Kier molecular flexibility index (Phi) is 10.2. The van der Waals surface area contributed by atoms with Crippen molar-refractivity contribution in [2.24, 2.45) is 5.92 Å². The van der Waals surface area contributed by atoms with Crippen molar-refractivity contribution >= 4 is 28.5 Å². The van der Waals surface area contributed by atoms with Crippen molar-refractivity contribution in [2.75, 3.05) is 11.1 Å². The van der Waals surface area contributed by atoms with Crippen LogP contribution >= 0.6 is 11.8 Å². The summed E-state index contributed by atoms with van der Waals surface area (Å²) in [4.78, 5) is 9.50. The van der Waals surface area contributed by atoms with Crippen molar-refractivity contribution in [3.8, 4) is 0 Å². The average Bonchev–Trinajstić information content (AvgIpc) is 3.52. The van der Waals surface area contributed by atoms with E-state index in [0.717, 1.165) is 65.3 Å². The van der Waals surface area contributed by atoms with Crippen molar-refractivity contribution in [2.45, 2.75) is 59.3 Å². The van der Waals surface area contributed by atoms with Crippen LogP contribution in [0.25, 0.3) is 11.0 Å².